The van der Waals surface area contributed by atoms with Crippen molar-refractivity contribution in [2.45, 2.75) is 25.2 Å². The van der Waals surface area contributed by atoms with Crippen LogP contribution in [0.2, 0.25) is 0 Å². The molecule has 114 valence electrons. The number of rotatable bonds is 1. The number of nitrogens with zero attached hydrogens (tertiary/aromatic N) is 1. The fourth-order valence-electron chi connectivity index (χ4n) is 3.01. The van der Waals surface area contributed by atoms with Crippen molar-refractivity contribution in [3.63, 3.8) is 0 Å². The molecule has 0 aliphatic carbocycles. The number of para-hydroxylation sites is 1. The number of fused-ring (bicyclic) bond motifs is 1. The average Bonchev–Trinajstić information content (AvgIpc) is 3.09. The van der Waals surface area contributed by atoms with Crippen LogP contribution in [0.5, 0.6) is 5.75 Å². The van der Waals surface area contributed by atoms with Gasteiger partial charge in [0, 0.05) is 31.5 Å². The number of hydrogen-bond donors (Lipinski definition) is 0. The van der Waals surface area contributed by atoms with Crippen LogP contribution in [0.25, 0.3) is 0 Å². The summed E-state index contributed by atoms with van der Waals surface area (Å²) in [6.45, 7) is 1.76. The molecule has 0 radical (unpaired) electrons. The van der Waals surface area contributed by atoms with Crippen molar-refractivity contribution in [3.05, 3.63) is 54.0 Å². The van der Waals surface area contributed by atoms with Gasteiger partial charge in [-0.2, -0.15) is 0 Å². The van der Waals surface area contributed by atoms with Gasteiger partial charge in [0.25, 0.3) is 5.91 Å². The summed E-state index contributed by atoms with van der Waals surface area (Å²) in [6.07, 6.45) is 2.84. The molecule has 5 heteroatoms. The molecule has 1 aromatic carbocycles. The second-order valence-corrected chi connectivity index (χ2v) is 5.68. The molecule has 1 aromatic heterocycles. The van der Waals surface area contributed by atoms with Gasteiger partial charge in [0.05, 0.1) is 12.9 Å². The van der Waals surface area contributed by atoms with Gasteiger partial charge in [0.2, 0.25) is 5.79 Å². The summed E-state index contributed by atoms with van der Waals surface area (Å²) in [7, 11) is 0. The average molecular weight is 299 g/mol. The van der Waals surface area contributed by atoms with Gasteiger partial charge in [-0.3, -0.25) is 4.79 Å². The van der Waals surface area contributed by atoms with Crippen LogP contribution in [-0.2, 0) is 11.3 Å². The third-order valence-corrected chi connectivity index (χ3v) is 4.30. The van der Waals surface area contributed by atoms with Crippen LogP contribution < -0.4 is 4.74 Å². The Hall–Kier alpha value is -2.27. The SMILES string of the molecule is O=C(c1ccco1)N1CCC2(CC1)OCc1ccccc1O2. The van der Waals surface area contributed by atoms with Gasteiger partial charge in [-0.25, -0.2) is 0 Å². The van der Waals surface area contributed by atoms with Gasteiger partial charge in [0.1, 0.15) is 5.75 Å². The maximum atomic E-state index is 12.3. The van der Waals surface area contributed by atoms with E-state index in [0.717, 1.165) is 11.3 Å². The van der Waals surface area contributed by atoms with Crippen molar-refractivity contribution in [2.24, 2.45) is 0 Å². The molecule has 0 saturated carbocycles. The molecule has 0 atom stereocenters. The molecule has 1 spiro atoms. The number of benzene rings is 1. The Kier molecular flexibility index (Phi) is 3.15. The summed E-state index contributed by atoms with van der Waals surface area (Å²) in [5, 5.41) is 0. The number of furan rings is 1. The summed E-state index contributed by atoms with van der Waals surface area (Å²) >= 11 is 0. The molecule has 1 fully saturated rings. The molecule has 2 aliphatic rings. The molecule has 1 amide bonds. The standard InChI is InChI=1S/C17H17NO4/c19-16(15-6-3-11-20-15)18-9-7-17(8-10-18)21-12-13-4-1-2-5-14(13)22-17/h1-6,11H,7-10,12H2. The molecule has 5 nitrogen and oxygen atoms in total. The van der Waals surface area contributed by atoms with Crippen LogP contribution in [0.3, 0.4) is 0 Å². The van der Waals surface area contributed by atoms with E-state index in [0.29, 0.717) is 38.3 Å². The third-order valence-electron chi connectivity index (χ3n) is 4.30. The van der Waals surface area contributed by atoms with E-state index in [1.165, 1.54) is 6.26 Å². The second kappa shape index (κ2) is 5.18. The van der Waals surface area contributed by atoms with Crippen LogP contribution in [0.15, 0.2) is 47.1 Å². The highest BCUT2D eigenvalue weighted by molar-refractivity contribution is 5.91. The monoisotopic (exact) mass is 299 g/mol. The van der Waals surface area contributed by atoms with E-state index in [9.17, 15) is 4.79 Å². The normalized spacial score (nSPS) is 19.5. The first-order chi connectivity index (χ1) is 10.8. The highest BCUT2D eigenvalue weighted by atomic mass is 16.7. The van der Waals surface area contributed by atoms with Crippen molar-refractivity contribution >= 4 is 5.91 Å². The Labute approximate surface area is 128 Å². The maximum absolute atomic E-state index is 12.3. The molecule has 0 N–H and O–H groups in total. The Morgan fingerprint density at radius 2 is 1.91 bits per heavy atom. The van der Waals surface area contributed by atoms with E-state index >= 15 is 0 Å². The summed E-state index contributed by atoms with van der Waals surface area (Å²) in [4.78, 5) is 14.1. The lowest BCUT2D eigenvalue weighted by Crippen LogP contribution is -2.52. The van der Waals surface area contributed by atoms with Crippen LogP contribution in [0, 0.1) is 0 Å². The summed E-state index contributed by atoms with van der Waals surface area (Å²) in [5.74, 6) is 0.594. The zero-order chi connectivity index (χ0) is 15.0. The molecule has 2 aromatic rings. The predicted molar refractivity (Wildman–Crippen MR) is 78.4 cm³/mol. The minimum absolute atomic E-state index is 0.0731. The van der Waals surface area contributed by atoms with Gasteiger partial charge in [0.15, 0.2) is 5.76 Å². The number of likely N-dealkylation sites (tertiary alicyclic amines) is 1. The first kappa shape index (κ1) is 13.4. The summed E-state index contributed by atoms with van der Waals surface area (Å²) < 4.78 is 17.2. The van der Waals surface area contributed by atoms with Crippen molar-refractivity contribution < 1.29 is 18.7 Å². The van der Waals surface area contributed by atoms with Crippen LogP contribution in [0.4, 0.5) is 0 Å². The van der Waals surface area contributed by atoms with Crippen LogP contribution in [-0.4, -0.2) is 29.7 Å². The second-order valence-electron chi connectivity index (χ2n) is 5.68. The Morgan fingerprint density at radius 1 is 1.09 bits per heavy atom. The molecule has 0 bridgehead atoms. The van der Waals surface area contributed by atoms with Crippen molar-refractivity contribution in [2.75, 3.05) is 13.1 Å². The molecule has 2 aliphatic heterocycles. The number of piperidine rings is 1. The van der Waals surface area contributed by atoms with Gasteiger partial charge in [-0.15, -0.1) is 0 Å². The van der Waals surface area contributed by atoms with E-state index in [2.05, 4.69) is 0 Å². The predicted octanol–water partition coefficient (Wildman–Crippen LogP) is 2.82. The van der Waals surface area contributed by atoms with Crippen molar-refractivity contribution in [3.8, 4) is 5.75 Å². The highest BCUT2D eigenvalue weighted by Crippen LogP contribution is 2.37. The number of ether oxygens (including phenoxy) is 2. The number of hydrogen-bond acceptors (Lipinski definition) is 4. The fraction of sp³-hybridized carbons (Fsp3) is 0.353. The Morgan fingerprint density at radius 3 is 2.68 bits per heavy atom. The Bertz CT molecular complexity index is 672. The lowest BCUT2D eigenvalue weighted by atomic mass is 10.0. The molecule has 1 saturated heterocycles. The van der Waals surface area contributed by atoms with Crippen molar-refractivity contribution in [1.29, 1.82) is 0 Å². The van der Waals surface area contributed by atoms with E-state index in [-0.39, 0.29) is 5.91 Å². The van der Waals surface area contributed by atoms with E-state index in [1.54, 1.807) is 17.0 Å². The van der Waals surface area contributed by atoms with Crippen LogP contribution in [0.1, 0.15) is 29.0 Å². The lowest BCUT2D eigenvalue weighted by molar-refractivity contribution is -0.225. The van der Waals surface area contributed by atoms with E-state index < -0.39 is 5.79 Å². The van der Waals surface area contributed by atoms with Gasteiger partial charge >= 0.3 is 0 Å². The molecule has 3 heterocycles. The fourth-order valence-corrected chi connectivity index (χ4v) is 3.01. The molecule has 4 rings (SSSR count). The molecule has 0 unspecified atom stereocenters. The maximum Gasteiger partial charge on any atom is 0.289 e. The summed E-state index contributed by atoms with van der Waals surface area (Å²) in [5.41, 5.74) is 1.07. The van der Waals surface area contributed by atoms with Crippen molar-refractivity contribution in [1.82, 2.24) is 4.90 Å². The quantitative estimate of drug-likeness (QED) is 0.812. The van der Waals surface area contributed by atoms with E-state index in [1.807, 2.05) is 24.3 Å². The van der Waals surface area contributed by atoms with Gasteiger partial charge in [-0.05, 0) is 18.2 Å². The van der Waals surface area contributed by atoms with Gasteiger partial charge in [-0.1, -0.05) is 18.2 Å². The lowest BCUT2D eigenvalue weighted by Gasteiger charge is -2.43. The third kappa shape index (κ3) is 2.27. The number of amides is 1. The van der Waals surface area contributed by atoms with Crippen LogP contribution >= 0.6 is 0 Å². The topological polar surface area (TPSA) is 51.9 Å². The van der Waals surface area contributed by atoms with E-state index in [4.69, 9.17) is 13.9 Å². The summed E-state index contributed by atoms with van der Waals surface area (Å²) in [6, 6.07) is 11.3. The largest absolute Gasteiger partial charge is 0.462 e. The van der Waals surface area contributed by atoms with Gasteiger partial charge < -0.3 is 18.8 Å². The zero-order valence-electron chi connectivity index (χ0n) is 12.2. The molecular formula is C17H17NO4. The Balaban J connectivity index is 1.45. The minimum Gasteiger partial charge on any atom is -0.462 e. The first-order valence-electron chi connectivity index (χ1n) is 7.49. The highest BCUT2D eigenvalue weighted by Gasteiger charge is 2.42. The smallest absolute Gasteiger partial charge is 0.289 e. The molecule has 22 heavy (non-hydrogen) atoms. The number of carbonyl (C=O) groups excluding carboxylic acids is 1. The molecular weight excluding hydrogens is 282 g/mol. The minimum atomic E-state index is -0.603. The number of carbonyl (C=O) groups is 1. The zero-order valence-corrected chi connectivity index (χ0v) is 12.2. The first-order valence-corrected chi connectivity index (χ1v) is 7.49.